The molecule has 2 aromatic rings. The highest BCUT2D eigenvalue weighted by Gasteiger charge is 2.07. The maximum absolute atomic E-state index is 5.57. The van der Waals surface area contributed by atoms with Gasteiger partial charge in [0.15, 0.2) is 0 Å². The highest BCUT2D eigenvalue weighted by atomic mass is 16.4. The van der Waals surface area contributed by atoms with Gasteiger partial charge in [-0.25, -0.2) is 0 Å². The molecule has 108 valence electrons. The van der Waals surface area contributed by atoms with E-state index < -0.39 is 0 Å². The second kappa shape index (κ2) is 6.52. The zero-order valence-corrected chi connectivity index (χ0v) is 12.5. The average molecular weight is 274 g/mol. The molecule has 5 heteroatoms. The van der Waals surface area contributed by atoms with Gasteiger partial charge in [0.1, 0.15) is 0 Å². The number of aromatic nitrogens is 2. The fourth-order valence-corrected chi connectivity index (χ4v) is 1.83. The van der Waals surface area contributed by atoms with Crippen LogP contribution in [0.5, 0.6) is 0 Å². The standard InChI is InChI=1S/C15H22N4O/c1-10(2)8-16-9-14-18-19-15(20-14)17-13-7-11(3)5-6-12(13)4/h5-7,10,16H,8-9H2,1-4H3,(H,17,19). The summed E-state index contributed by atoms with van der Waals surface area (Å²) in [6.45, 7) is 9.95. The minimum Gasteiger partial charge on any atom is -0.406 e. The summed E-state index contributed by atoms with van der Waals surface area (Å²) in [5.41, 5.74) is 3.33. The zero-order valence-electron chi connectivity index (χ0n) is 12.5. The Morgan fingerprint density at radius 2 is 2.00 bits per heavy atom. The molecule has 2 rings (SSSR count). The molecule has 0 bridgehead atoms. The van der Waals surface area contributed by atoms with Gasteiger partial charge in [-0.05, 0) is 43.5 Å². The van der Waals surface area contributed by atoms with Crippen LogP contribution in [0.25, 0.3) is 0 Å². The van der Waals surface area contributed by atoms with E-state index in [2.05, 4.69) is 59.8 Å². The van der Waals surface area contributed by atoms with E-state index in [0.717, 1.165) is 17.8 Å². The number of hydrogen-bond acceptors (Lipinski definition) is 5. The Hall–Kier alpha value is -1.88. The second-order valence-electron chi connectivity index (χ2n) is 5.47. The Kier molecular flexibility index (Phi) is 4.74. The number of hydrogen-bond donors (Lipinski definition) is 2. The van der Waals surface area contributed by atoms with E-state index in [9.17, 15) is 0 Å². The molecule has 0 aliphatic heterocycles. The lowest BCUT2D eigenvalue weighted by Crippen LogP contribution is -2.19. The van der Waals surface area contributed by atoms with Crippen LogP contribution < -0.4 is 10.6 Å². The molecule has 0 saturated carbocycles. The largest absolute Gasteiger partial charge is 0.406 e. The van der Waals surface area contributed by atoms with E-state index in [1.54, 1.807) is 0 Å². The van der Waals surface area contributed by atoms with Gasteiger partial charge in [-0.2, -0.15) is 0 Å². The van der Waals surface area contributed by atoms with Crippen molar-refractivity contribution in [2.75, 3.05) is 11.9 Å². The summed E-state index contributed by atoms with van der Waals surface area (Å²) < 4.78 is 5.57. The monoisotopic (exact) mass is 274 g/mol. The zero-order chi connectivity index (χ0) is 14.5. The maximum Gasteiger partial charge on any atom is 0.320 e. The fraction of sp³-hybridized carbons (Fsp3) is 0.467. The van der Waals surface area contributed by atoms with Crippen LogP contribution in [0.2, 0.25) is 0 Å². The molecule has 0 fully saturated rings. The Morgan fingerprint density at radius 1 is 1.20 bits per heavy atom. The van der Waals surface area contributed by atoms with Gasteiger partial charge < -0.3 is 15.1 Å². The molecule has 1 aromatic heterocycles. The summed E-state index contributed by atoms with van der Waals surface area (Å²) in [7, 11) is 0. The van der Waals surface area contributed by atoms with E-state index in [1.807, 2.05) is 6.92 Å². The Labute approximate surface area is 119 Å². The van der Waals surface area contributed by atoms with Crippen molar-refractivity contribution in [3.05, 3.63) is 35.2 Å². The summed E-state index contributed by atoms with van der Waals surface area (Å²) in [5.74, 6) is 1.20. The molecular weight excluding hydrogens is 252 g/mol. The smallest absolute Gasteiger partial charge is 0.320 e. The molecule has 5 nitrogen and oxygen atoms in total. The number of rotatable bonds is 6. The molecule has 0 aliphatic carbocycles. The topological polar surface area (TPSA) is 63.0 Å². The van der Waals surface area contributed by atoms with Crippen molar-refractivity contribution in [2.24, 2.45) is 5.92 Å². The summed E-state index contributed by atoms with van der Waals surface area (Å²) >= 11 is 0. The fourth-order valence-electron chi connectivity index (χ4n) is 1.83. The van der Waals surface area contributed by atoms with Crippen LogP contribution >= 0.6 is 0 Å². The van der Waals surface area contributed by atoms with Gasteiger partial charge in [0.05, 0.1) is 6.54 Å². The predicted octanol–water partition coefficient (Wildman–Crippen LogP) is 3.18. The van der Waals surface area contributed by atoms with Gasteiger partial charge >= 0.3 is 6.01 Å². The van der Waals surface area contributed by atoms with Gasteiger partial charge in [-0.1, -0.05) is 31.1 Å². The third-order valence-corrected chi connectivity index (χ3v) is 2.93. The van der Waals surface area contributed by atoms with Gasteiger partial charge in [-0.15, -0.1) is 5.10 Å². The Bertz CT molecular complexity index is 563. The molecule has 1 heterocycles. The SMILES string of the molecule is Cc1ccc(C)c(Nc2nnc(CNCC(C)C)o2)c1. The van der Waals surface area contributed by atoms with E-state index in [4.69, 9.17) is 4.42 Å². The normalized spacial score (nSPS) is 11.1. The lowest BCUT2D eigenvalue weighted by molar-refractivity contribution is 0.460. The van der Waals surface area contributed by atoms with Crippen LogP contribution in [0.3, 0.4) is 0 Å². The third-order valence-electron chi connectivity index (χ3n) is 2.93. The molecule has 1 aromatic carbocycles. The van der Waals surface area contributed by atoms with Gasteiger partial charge in [0.25, 0.3) is 0 Å². The number of anilines is 2. The molecule has 0 aliphatic rings. The first-order valence-electron chi connectivity index (χ1n) is 6.92. The van der Waals surface area contributed by atoms with Gasteiger partial charge in [-0.3, -0.25) is 0 Å². The molecule has 20 heavy (non-hydrogen) atoms. The Morgan fingerprint density at radius 3 is 2.75 bits per heavy atom. The van der Waals surface area contributed by atoms with Crippen LogP contribution in [0.4, 0.5) is 11.7 Å². The van der Waals surface area contributed by atoms with E-state index in [1.165, 1.54) is 5.56 Å². The van der Waals surface area contributed by atoms with Gasteiger partial charge in [0.2, 0.25) is 5.89 Å². The molecule has 0 amide bonds. The van der Waals surface area contributed by atoms with E-state index in [-0.39, 0.29) is 0 Å². The van der Waals surface area contributed by atoms with E-state index in [0.29, 0.717) is 24.4 Å². The maximum atomic E-state index is 5.57. The summed E-state index contributed by atoms with van der Waals surface area (Å²) in [6.07, 6.45) is 0. The van der Waals surface area contributed by atoms with Crippen LogP contribution in [0, 0.1) is 19.8 Å². The molecule has 0 radical (unpaired) electrons. The average Bonchev–Trinajstić information content (AvgIpc) is 2.81. The van der Waals surface area contributed by atoms with Crippen LogP contribution in [-0.2, 0) is 6.54 Å². The van der Waals surface area contributed by atoms with Crippen molar-refractivity contribution in [1.82, 2.24) is 15.5 Å². The summed E-state index contributed by atoms with van der Waals surface area (Å²) in [6, 6.07) is 6.64. The number of nitrogens with zero attached hydrogens (tertiary/aromatic N) is 2. The lowest BCUT2D eigenvalue weighted by atomic mass is 10.1. The van der Waals surface area contributed by atoms with Crippen LogP contribution in [0.15, 0.2) is 22.6 Å². The predicted molar refractivity (Wildman–Crippen MR) is 80.0 cm³/mol. The molecule has 0 spiro atoms. The molecule has 0 unspecified atom stereocenters. The first-order chi connectivity index (χ1) is 9.54. The molecule has 2 N–H and O–H groups in total. The van der Waals surface area contributed by atoms with Crippen LogP contribution in [0.1, 0.15) is 30.9 Å². The summed E-state index contributed by atoms with van der Waals surface area (Å²) in [4.78, 5) is 0. The van der Waals surface area contributed by atoms with Crippen molar-refractivity contribution in [3.63, 3.8) is 0 Å². The quantitative estimate of drug-likeness (QED) is 0.847. The molecule has 0 atom stereocenters. The van der Waals surface area contributed by atoms with Crippen molar-refractivity contribution >= 4 is 11.7 Å². The minimum atomic E-state index is 0.431. The highest BCUT2D eigenvalue weighted by Crippen LogP contribution is 2.20. The van der Waals surface area contributed by atoms with Crippen molar-refractivity contribution in [3.8, 4) is 0 Å². The van der Waals surface area contributed by atoms with Crippen molar-refractivity contribution < 1.29 is 4.42 Å². The second-order valence-corrected chi connectivity index (χ2v) is 5.47. The van der Waals surface area contributed by atoms with E-state index >= 15 is 0 Å². The Balaban J connectivity index is 1.97. The third kappa shape index (κ3) is 4.06. The first kappa shape index (κ1) is 14.5. The minimum absolute atomic E-state index is 0.431. The molecule has 0 saturated heterocycles. The highest BCUT2D eigenvalue weighted by molar-refractivity contribution is 5.58. The number of nitrogens with one attached hydrogen (secondary N) is 2. The lowest BCUT2D eigenvalue weighted by Gasteiger charge is -2.06. The summed E-state index contributed by atoms with van der Waals surface area (Å²) in [5, 5.41) is 14.5. The molecular formula is C15H22N4O. The number of aryl methyl sites for hydroxylation is 2. The van der Waals surface area contributed by atoms with Crippen LogP contribution in [-0.4, -0.2) is 16.7 Å². The van der Waals surface area contributed by atoms with Gasteiger partial charge in [0, 0.05) is 5.69 Å². The number of benzene rings is 1. The first-order valence-corrected chi connectivity index (χ1v) is 6.92. The van der Waals surface area contributed by atoms with Crippen molar-refractivity contribution in [2.45, 2.75) is 34.2 Å². The van der Waals surface area contributed by atoms with Crippen molar-refractivity contribution in [1.29, 1.82) is 0 Å².